The smallest absolute Gasteiger partial charge is 0.378 e. The number of carbonyl (C=O) groups is 1. The monoisotopic (exact) mass is 384 g/mol. The molecule has 0 spiro atoms. The van der Waals surface area contributed by atoms with E-state index in [-0.39, 0.29) is 0 Å². The molecule has 0 saturated heterocycles. The molecule has 1 atom stereocenters. The van der Waals surface area contributed by atoms with Gasteiger partial charge in [0.2, 0.25) is 0 Å². The van der Waals surface area contributed by atoms with Crippen LogP contribution in [0.4, 0.5) is 0 Å². The Morgan fingerprint density at radius 1 is 1.00 bits per heavy atom. The molecule has 6 nitrogen and oxygen atoms in total. The van der Waals surface area contributed by atoms with Gasteiger partial charge in [0.1, 0.15) is 0 Å². The van der Waals surface area contributed by atoms with Gasteiger partial charge < -0.3 is 18.9 Å². The molecule has 0 aliphatic rings. The molecule has 0 aliphatic carbocycles. The van der Waals surface area contributed by atoms with Crippen LogP contribution in [0.1, 0.15) is 47.1 Å². The zero-order chi connectivity index (χ0) is 20.0. The third-order valence-electron chi connectivity index (χ3n) is 3.07. The summed E-state index contributed by atoms with van der Waals surface area (Å²) >= 11 is 0. The lowest BCUT2D eigenvalue weighted by molar-refractivity contribution is -0.159. The molecule has 0 radical (unpaired) electrons. The van der Waals surface area contributed by atoms with E-state index >= 15 is 0 Å². The number of aliphatic hydroxyl groups is 1. The number of benzene rings is 1. The van der Waals surface area contributed by atoms with Crippen LogP contribution in [-0.4, -0.2) is 34.7 Å². The van der Waals surface area contributed by atoms with Gasteiger partial charge in [-0.05, 0) is 53.2 Å². The van der Waals surface area contributed by atoms with Crippen LogP contribution in [0.5, 0.6) is 0 Å². The summed E-state index contributed by atoms with van der Waals surface area (Å²) in [5, 5.41) is 8.56. The molecule has 0 bridgehead atoms. The predicted octanol–water partition coefficient (Wildman–Crippen LogP) is 4.38. The Morgan fingerprint density at radius 3 is 1.92 bits per heavy atom. The average Bonchev–Trinajstić information content (AvgIpc) is 2.51. The number of hydrogen-bond acceptors (Lipinski definition) is 6. The van der Waals surface area contributed by atoms with Gasteiger partial charge in [-0.25, -0.2) is 4.79 Å². The highest BCUT2D eigenvalue weighted by atomic mass is 31.2. The SMILES string of the molecule is CC(C)OC(=O)[C@@](O)(/C=C/c1ccccc1)P(=O)(OC(C)C)OC(C)C. The van der Waals surface area contributed by atoms with Crippen molar-refractivity contribution in [1.29, 1.82) is 0 Å². The lowest BCUT2D eigenvalue weighted by Gasteiger charge is -2.33. The number of esters is 1. The summed E-state index contributed by atoms with van der Waals surface area (Å²) in [6.45, 7) is 9.85. The van der Waals surface area contributed by atoms with Crippen molar-refractivity contribution in [2.75, 3.05) is 0 Å². The van der Waals surface area contributed by atoms with Crippen LogP contribution in [0, 0.1) is 0 Å². The van der Waals surface area contributed by atoms with E-state index < -0.39 is 37.2 Å². The van der Waals surface area contributed by atoms with Gasteiger partial charge in [0.15, 0.2) is 0 Å². The zero-order valence-corrected chi connectivity index (χ0v) is 17.1. The molecular weight excluding hydrogens is 355 g/mol. The van der Waals surface area contributed by atoms with Crippen LogP contribution in [0.3, 0.4) is 0 Å². The Morgan fingerprint density at radius 2 is 1.50 bits per heavy atom. The number of carbonyl (C=O) groups excluding carboxylic acids is 1. The van der Waals surface area contributed by atoms with E-state index in [4.69, 9.17) is 13.8 Å². The van der Waals surface area contributed by atoms with E-state index in [9.17, 15) is 14.5 Å². The normalized spacial score (nSPS) is 15.0. The van der Waals surface area contributed by atoms with E-state index in [0.29, 0.717) is 5.56 Å². The Kier molecular flexibility index (Phi) is 8.22. The van der Waals surface area contributed by atoms with Crippen molar-refractivity contribution in [3.63, 3.8) is 0 Å². The minimum Gasteiger partial charge on any atom is -0.460 e. The summed E-state index contributed by atoms with van der Waals surface area (Å²) in [5.74, 6) is -1.08. The summed E-state index contributed by atoms with van der Waals surface area (Å²) in [4.78, 5) is 12.7. The van der Waals surface area contributed by atoms with Crippen molar-refractivity contribution >= 4 is 19.6 Å². The highest BCUT2D eigenvalue weighted by Gasteiger charge is 2.57. The second kappa shape index (κ2) is 9.47. The first-order valence-electron chi connectivity index (χ1n) is 8.65. The number of rotatable bonds is 9. The molecular formula is C19H29O6P. The maximum Gasteiger partial charge on any atom is 0.378 e. The second-order valence-electron chi connectivity index (χ2n) is 6.73. The van der Waals surface area contributed by atoms with Gasteiger partial charge in [-0.15, -0.1) is 0 Å². The highest BCUT2D eigenvalue weighted by Crippen LogP contribution is 2.61. The number of ether oxygens (including phenoxy) is 1. The maximum absolute atomic E-state index is 13.5. The standard InChI is InChI=1S/C19H29O6P/c1-14(2)23-18(20)19(21,13-12-17-10-8-7-9-11-17)26(22,24-15(3)4)25-16(5)6/h7-16,21H,1-6H3/b13-12+/t19-/m1/s1. The summed E-state index contributed by atoms with van der Waals surface area (Å²) in [6, 6.07) is 9.01. The average molecular weight is 384 g/mol. The Balaban J connectivity index is 3.42. The van der Waals surface area contributed by atoms with E-state index in [1.54, 1.807) is 65.8 Å². The molecule has 1 aromatic rings. The van der Waals surface area contributed by atoms with Crippen molar-refractivity contribution in [2.24, 2.45) is 0 Å². The van der Waals surface area contributed by atoms with Crippen molar-refractivity contribution in [3.05, 3.63) is 42.0 Å². The van der Waals surface area contributed by atoms with Crippen LogP contribution in [0.25, 0.3) is 6.08 Å². The van der Waals surface area contributed by atoms with Gasteiger partial charge in [0.05, 0.1) is 18.3 Å². The van der Waals surface area contributed by atoms with E-state index in [1.165, 1.54) is 6.08 Å². The third kappa shape index (κ3) is 6.06. The molecule has 0 fully saturated rings. The van der Waals surface area contributed by atoms with Gasteiger partial charge in [0, 0.05) is 0 Å². The molecule has 146 valence electrons. The highest BCUT2D eigenvalue weighted by molar-refractivity contribution is 7.56. The van der Waals surface area contributed by atoms with E-state index in [2.05, 4.69) is 0 Å². The largest absolute Gasteiger partial charge is 0.460 e. The summed E-state index contributed by atoms with van der Waals surface area (Å²) in [7, 11) is -4.31. The number of hydrogen-bond donors (Lipinski definition) is 1. The van der Waals surface area contributed by atoms with Gasteiger partial charge in [-0.1, -0.05) is 36.4 Å². The van der Waals surface area contributed by atoms with Crippen LogP contribution < -0.4 is 0 Å². The van der Waals surface area contributed by atoms with E-state index in [0.717, 1.165) is 6.08 Å². The van der Waals surface area contributed by atoms with Crippen molar-refractivity contribution in [3.8, 4) is 0 Å². The first kappa shape index (κ1) is 22.6. The van der Waals surface area contributed by atoms with Gasteiger partial charge >= 0.3 is 13.6 Å². The molecule has 1 rings (SSSR count). The molecule has 0 aromatic heterocycles. The van der Waals surface area contributed by atoms with Crippen molar-refractivity contribution < 1.29 is 28.3 Å². The fraction of sp³-hybridized carbons (Fsp3) is 0.526. The molecule has 0 unspecified atom stereocenters. The predicted molar refractivity (Wildman–Crippen MR) is 102 cm³/mol. The molecule has 7 heteroatoms. The van der Waals surface area contributed by atoms with Crippen LogP contribution in [0.15, 0.2) is 36.4 Å². The third-order valence-corrected chi connectivity index (χ3v) is 5.63. The fourth-order valence-electron chi connectivity index (χ4n) is 2.09. The summed E-state index contributed by atoms with van der Waals surface area (Å²) < 4.78 is 29.5. The molecule has 1 aromatic carbocycles. The summed E-state index contributed by atoms with van der Waals surface area (Å²) in [6.07, 6.45) is 1.03. The molecule has 0 amide bonds. The Hall–Kier alpha value is -1.46. The topological polar surface area (TPSA) is 82.1 Å². The van der Waals surface area contributed by atoms with Gasteiger partial charge in [-0.2, -0.15) is 0 Å². The maximum atomic E-state index is 13.5. The molecule has 0 saturated carbocycles. The quantitative estimate of drug-likeness (QED) is 0.502. The van der Waals surface area contributed by atoms with Crippen molar-refractivity contribution in [2.45, 2.75) is 65.2 Å². The minimum absolute atomic E-state index is 0.509. The Labute approximate surface area is 155 Å². The van der Waals surface area contributed by atoms with Crippen LogP contribution in [0.2, 0.25) is 0 Å². The Bertz CT molecular complexity index is 639. The molecule has 26 heavy (non-hydrogen) atoms. The first-order chi connectivity index (χ1) is 12.0. The van der Waals surface area contributed by atoms with Gasteiger partial charge in [-0.3, -0.25) is 4.57 Å². The second-order valence-corrected chi connectivity index (χ2v) is 8.83. The fourth-order valence-corrected chi connectivity index (χ4v) is 4.10. The first-order valence-corrected chi connectivity index (χ1v) is 10.2. The van der Waals surface area contributed by atoms with Crippen LogP contribution in [-0.2, 0) is 23.1 Å². The lowest BCUT2D eigenvalue weighted by Crippen LogP contribution is -2.41. The lowest BCUT2D eigenvalue weighted by atomic mass is 10.2. The van der Waals surface area contributed by atoms with Gasteiger partial charge in [0.25, 0.3) is 5.34 Å². The van der Waals surface area contributed by atoms with Crippen molar-refractivity contribution in [1.82, 2.24) is 0 Å². The summed E-state index contributed by atoms with van der Waals surface area (Å²) in [5.41, 5.74) is 0.712. The zero-order valence-electron chi connectivity index (χ0n) is 16.2. The molecule has 1 N–H and O–H groups in total. The minimum atomic E-state index is -4.31. The van der Waals surface area contributed by atoms with E-state index in [1.807, 2.05) is 6.07 Å². The molecule has 0 aliphatic heterocycles. The van der Waals surface area contributed by atoms with Crippen LogP contribution >= 0.6 is 7.60 Å². The molecule has 0 heterocycles.